The topological polar surface area (TPSA) is 142 Å². The van der Waals surface area contributed by atoms with E-state index >= 15 is 8.63 Å². The molecule has 1 aromatic heterocycles. The zero-order valence-corrected chi connectivity index (χ0v) is 35.7. The summed E-state index contributed by atoms with van der Waals surface area (Å²) in [7, 11) is 12.6. The summed E-state index contributed by atoms with van der Waals surface area (Å²) < 4.78 is 38.0. The van der Waals surface area contributed by atoms with E-state index < -0.39 is 42.6 Å². The molecule has 5 rings (SSSR count). The van der Waals surface area contributed by atoms with E-state index in [0.717, 1.165) is 44.9 Å². The number of amides is 2. The van der Waals surface area contributed by atoms with E-state index in [4.69, 9.17) is 4.84 Å². The molecule has 0 bridgehead atoms. The average molecular weight is 820 g/mol. The number of aromatic nitrogens is 1. The number of unbranched alkanes of at least 4 members (excludes halogenated alkanes) is 2. The molecule has 320 valence electrons. The number of allylic oxidation sites excluding steroid dienone is 2. The normalized spacial score (nSPS) is 17.6. The van der Waals surface area contributed by atoms with Gasteiger partial charge >= 0.3 is 12.9 Å². The quantitative estimate of drug-likeness (QED) is 0.0469. The number of rotatable bonds is 21. The fourth-order valence-electron chi connectivity index (χ4n) is 7.71. The predicted molar refractivity (Wildman–Crippen MR) is 221 cm³/mol. The number of hydrogen-bond acceptors (Lipinski definition) is 8. The highest BCUT2D eigenvalue weighted by atomic mass is 19.2. The largest absolute Gasteiger partial charge is 0.862 e. The highest BCUT2D eigenvalue weighted by Crippen LogP contribution is 2.39. The van der Waals surface area contributed by atoms with Gasteiger partial charge in [0.1, 0.15) is 0 Å². The Morgan fingerprint density at radius 1 is 0.898 bits per heavy atom. The van der Waals surface area contributed by atoms with E-state index in [-0.39, 0.29) is 38.6 Å². The first-order valence-corrected chi connectivity index (χ1v) is 20.8. The minimum absolute atomic E-state index is 0.00433. The van der Waals surface area contributed by atoms with Crippen LogP contribution in [0.3, 0.4) is 0 Å². The lowest BCUT2D eigenvalue weighted by Gasteiger charge is -2.32. The van der Waals surface area contributed by atoms with E-state index in [1.54, 1.807) is 6.07 Å². The summed E-state index contributed by atoms with van der Waals surface area (Å²) in [5, 5.41) is 27.2. The first-order chi connectivity index (χ1) is 27.7. The van der Waals surface area contributed by atoms with Gasteiger partial charge < -0.3 is 46.6 Å². The summed E-state index contributed by atoms with van der Waals surface area (Å²) >= 11 is 0. The molecule has 1 saturated heterocycles. The average Bonchev–Trinajstić information content (AvgIpc) is 3.80. The Hall–Kier alpha value is -4.96. The van der Waals surface area contributed by atoms with Gasteiger partial charge in [-0.05, 0) is 99.5 Å². The van der Waals surface area contributed by atoms with Crippen molar-refractivity contribution in [3.63, 3.8) is 0 Å². The maximum atomic E-state index is 17.1. The molecule has 16 heteroatoms. The van der Waals surface area contributed by atoms with Crippen LogP contribution in [0.15, 0.2) is 63.7 Å². The van der Waals surface area contributed by atoms with Crippen LogP contribution >= 0.6 is 0 Å². The van der Waals surface area contributed by atoms with Gasteiger partial charge in [0, 0.05) is 61.2 Å². The van der Waals surface area contributed by atoms with Crippen molar-refractivity contribution in [1.82, 2.24) is 9.54 Å². The van der Waals surface area contributed by atoms with Crippen molar-refractivity contribution in [2.75, 3.05) is 61.9 Å². The van der Waals surface area contributed by atoms with E-state index in [0.29, 0.717) is 71.1 Å². The second-order valence-electron chi connectivity index (χ2n) is 17.9. The molecule has 0 spiro atoms. The summed E-state index contributed by atoms with van der Waals surface area (Å²) in [5.74, 6) is -2.95. The fourth-order valence-corrected chi connectivity index (χ4v) is 7.71. The van der Waals surface area contributed by atoms with Gasteiger partial charge in [-0.25, -0.2) is 4.79 Å². The van der Waals surface area contributed by atoms with Gasteiger partial charge in [0.15, 0.2) is 11.4 Å². The highest BCUT2D eigenvalue weighted by Gasteiger charge is 2.54. The van der Waals surface area contributed by atoms with Crippen molar-refractivity contribution in [2.45, 2.75) is 90.0 Å². The van der Waals surface area contributed by atoms with E-state index in [2.05, 4.69) is 52.3 Å². The third-order valence-corrected chi connectivity index (χ3v) is 10.7. The second-order valence-corrected chi connectivity index (χ2v) is 17.9. The molecule has 1 fully saturated rings. The number of hydrogen-bond donors (Lipinski definition) is 0. The summed E-state index contributed by atoms with van der Waals surface area (Å²) in [6.45, 7) is -0.705. The van der Waals surface area contributed by atoms with Gasteiger partial charge in [-0.15, -0.1) is 5.06 Å². The number of carbonyl (C=O) groups is 3. The number of nitrogens with zero attached hydrogens (tertiary/aromatic N) is 7. The number of halogens is 2. The lowest BCUT2D eigenvalue weighted by atomic mass is 9.88. The number of hydroxylamine groups is 2. The van der Waals surface area contributed by atoms with Crippen LogP contribution in [0.2, 0.25) is 0 Å². The Morgan fingerprint density at radius 3 is 2.22 bits per heavy atom. The van der Waals surface area contributed by atoms with Gasteiger partial charge in [-0.2, -0.15) is 0 Å². The Labute approximate surface area is 346 Å². The molecule has 2 aromatic rings. The molecule has 1 aromatic carbocycles. The van der Waals surface area contributed by atoms with Crippen LogP contribution in [0.1, 0.15) is 93.1 Å². The van der Waals surface area contributed by atoms with Crippen molar-refractivity contribution in [2.24, 2.45) is 9.98 Å². The number of fused-ring (bicyclic) bond motifs is 2. The van der Waals surface area contributed by atoms with E-state index in [1.807, 2.05) is 49.4 Å². The number of imide groups is 1. The minimum Gasteiger partial charge on any atom is -0.862 e. The standard InChI is InChI=1S/C43H60BF2N7O6/c1-31-28-34(49-36(31)30-38-33(18-15-27-53(5,6)7)29-37(50(38)44(49,45)46)32-16-9-8-10-17-32)21-22-39(54)48-35(19-12-14-26-52(2,3)4)43(58)47-25-13-11-20-42(57)59-51-40(55)23-24-41(51)56/h8-10,16-17,28-30,35H,11-15,18-27H2,1-7H3. The van der Waals surface area contributed by atoms with Crippen LogP contribution in [0, 0.1) is 6.92 Å². The van der Waals surface area contributed by atoms with E-state index in [1.165, 1.54) is 4.49 Å². The summed E-state index contributed by atoms with van der Waals surface area (Å²) in [6.07, 6.45) is 7.42. The van der Waals surface area contributed by atoms with Crippen LogP contribution in [0.4, 0.5) is 8.63 Å². The van der Waals surface area contributed by atoms with Crippen molar-refractivity contribution < 1.29 is 51.5 Å². The van der Waals surface area contributed by atoms with Gasteiger partial charge in [0.25, 0.3) is 11.8 Å². The first kappa shape index (κ1) is 45.1. The molecule has 59 heavy (non-hydrogen) atoms. The number of carbonyl (C=O) groups excluding carboxylic acids is 3. The van der Waals surface area contributed by atoms with Crippen molar-refractivity contribution in [3.05, 3.63) is 76.3 Å². The molecule has 13 nitrogen and oxygen atoms in total. The van der Waals surface area contributed by atoms with Crippen LogP contribution in [-0.4, -0.2) is 133 Å². The molecular formula is C43H60BF2N7O6. The SMILES string of the molecule is Cc1cc(CCC([O-])=NC(CCCC[N+](C)(C)C)C([O-])=NCCCCC(=O)ON2C(=O)CCC2=O)n2c1C=C1C(CCC[N+](C)(C)C)=CC(c3ccccc3)=[N+]1[B-]2(F)F. The molecule has 0 saturated carbocycles. The molecule has 3 aliphatic rings. The van der Waals surface area contributed by atoms with Crippen LogP contribution in [0.25, 0.3) is 6.08 Å². The second kappa shape index (κ2) is 19.0. The van der Waals surface area contributed by atoms with Crippen LogP contribution in [-0.2, 0) is 25.6 Å². The van der Waals surface area contributed by atoms with E-state index in [9.17, 15) is 24.6 Å². The Kier molecular flexibility index (Phi) is 14.5. The van der Waals surface area contributed by atoms with Gasteiger partial charge in [0.05, 0.1) is 61.4 Å². The Bertz CT molecular complexity index is 2030. The lowest BCUT2D eigenvalue weighted by molar-refractivity contribution is -0.870. The molecular weight excluding hydrogens is 759 g/mol. The van der Waals surface area contributed by atoms with Crippen molar-refractivity contribution in [3.8, 4) is 0 Å². The van der Waals surface area contributed by atoms with Crippen LogP contribution in [0.5, 0.6) is 0 Å². The Morgan fingerprint density at radius 2 is 1.56 bits per heavy atom. The summed E-state index contributed by atoms with van der Waals surface area (Å²) in [6, 6.07) is 9.94. The van der Waals surface area contributed by atoms with Crippen LogP contribution < -0.4 is 10.2 Å². The minimum atomic E-state index is -4.35. The number of aryl methyl sites for hydroxylation is 2. The van der Waals surface area contributed by atoms with Gasteiger partial charge in [-0.3, -0.25) is 14.6 Å². The maximum absolute atomic E-state index is 17.1. The fraction of sp³-hybridized carbons (Fsp3) is 0.535. The monoisotopic (exact) mass is 819 g/mol. The zero-order chi connectivity index (χ0) is 43.1. The molecule has 0 radical (unpaired) electrons. The molecule has 1 atom stereocenters. The molecule has 2 amide bonds. The van der Waals surface area contributed by atoms with Gasteiger partial charge in [0.2, 0.25) is 0 Å². The molecule has 0 aliphatic carbocycles. The molecule has 4 heterocycles. The zero-order valence-electron chi connectivity index (χ0n) is 35.7. The molecule has 0 N–H and O–H groups in total. The Balaban J connectivity index is 1.30. The maximum Gasteiger partial charge on any atom is 0.737 e. The third-order valence-electron chi connectivity index (χ3n) is 10.7. The molecule has 3 aliphatic heterocycles. The lowest BCUT2D eigenvalue weighted by Crippen LogP contribution is -2.51. The van der Waals surface area contributed by atoms with Crippen molar-refractivity contribution in [1.29, 1.82) is 0 Å². The summed E-state index contributed by atoms with van der Waals surface area (Å²) in [5.41, 5.74) is 3.95. The molecule has 1 unspecified atom stereocenters. The predicted octanol–water partition coefficient (Wildman–Crippen LogP) is 3.77. The number of quaternary nitrogens is 2. The highest BCUT2D eigenvalue weighted by molar-refractivity contribution is 6.58. The smallest absolute Gasteiger partial charge is 0.737 e. The van der Waals surface area contributed by atoms with Gasteiger partial charge in [-0.1, -0.05) is 18.2 Å². The third kappa shape index (κ3) is 11.8. The van der Waals surface area contributed by atoms with Crippen molar-refractivity contribution >= 4 is 48.3 Å². The summed E-state index contributed by atoms with van der Waals surface area (Å²) in [4.78, 5) is 48.9. The number of benzene rings is 1. The number of aliphatic imine (C=N–C) groups is 2. The first-order valence-electron chi connectivity index (χ1n) is 20.8.